The lowest BCUT2D eigenvalue weighted by atomic mass is 10.2. The highest BCUT2D eigenvalue weighted by Crippen LogP contribution is 2.25. The fourth-order valence-electron chi connectivity index (χ4n) is 2.09. The number of anilines is 1. The average molecular weight is 362 g/mol. The highest BCUT2D eigenvalue weighted by atomic mass is 32.2. The quantitative estimate of drug-likeness (QED) is 0.376. The van der Waals surface area contributed by atoms with Crippen molar-refractivity contribution in [1.29, 1.82) is 5.26 Å². The smallest absolute Gasteiger partial charge is 0.357 e. The molecule has 130 valence electrons. The number of rotatable bonds is 4. The summed E-state index contributed by atoms with van der Waals surface area (Å²) in [6, 6.07) is 7.18. The molecule has 1 aromatic carbocycles. The topological polar surface area (TPSA) is 180 Å². The Hall–Kier alpha value is -3.52. The molecule has 25 heavy (non-hydrogen) atoms. The first kappa shape index (κ1) is 17.8. The zero-order chi connectivity index (χ0) is 18.8. The van der Waals surface area contributed by atoms with Crippen LogP contribution in [0.25, 0.3) is 5.69 Å². The van der Waals surface area contributed by atoms with E-state index < -0.39 is 22.0 Å². The number of nitrogens with zero attached hydrogens (tertiary/aromatic N) is 3. The Balaban J connectivity index is 2.57. The zero-order valence-electron chi connectivity index (χ0n) is 13.0. The van der Waals surface area contributed by atoms with Crippen molar-refractivity contribution in [1.82, 2.24) is 4.57 Å². The summed E-state index contributed by atoms with van der Waals surface area (Å²) in [7, 11) is -2.86. The molecular weight excluding hydrogens is 348 g/mol. The monoisotopic (exact) mass is 362 g/mol. The Morgan fingerprint density at radius 3 is 2.36 bits per heavy atom. The first-order valence-electron chi connectivity index (χ1n) is 6.67. The number of nitrogen functional groups attached to an aromatic ring is 1. The Kier molecular flexibility index (Phi) is 4.66. The molecule has 0 amide bonds. The van der Waals surface area contributed by atoms with Crippen molar-refractivity contribution >= 4 is 27.6 Å². The highest BCUT2D eigenvalue weighted by molar-refractivity contribution is 7.90. The molecule has 2 rings (SSSR count). The van der Waals surface area contributed by atoms with E-state index in [1.165, 1.54) is 42.1 Å². The van der Waals surface area contributed by atoms with Gasteiger partial charge in [-0.2, -0.15) is 13.7 Å². The molecule has 0 aliphatic heterocycles. The number of hydrogen-bond acceptors (Lipinski definition) is 6. The van der Waals surface area contributed by atoms with Crippen molar-refractivity contribution in [2.45, 2.75) is 4.90 Å². The van der Waals surface area contributed by atoms with Crippen molar-refractivity contribution in [3.8, 4) is 11.8 Å². The Morgan fingerprint density at radius 2 is 1.88 bits per heavy atom. The van der Waals surface area contributed by atoms with E-state index in [0.717, 1.165) is 0 Å². The van der Waals surface area contributed by atoms with Crippen LogP contribution in [0.3, 0.4) is 0 Å². The highest BCUT2D eigenvalue weighted by Gasteiger charge is 2.22. The molecule has 0 spiro atoms. The van der Waals surface area contributed by atoms with Crippen LogP contribution < -0.4 is 17.2 Å². The molecule has 1 heterocycles. The number of benzene rings is 1. The van der Waals surface area contributed by atoms with Gasteiger partial charge in [0.1, 0.15) is 6.07 Å². The van der Waals surface area contributed by atoms with E-state index >= 15 is 0 Å². The predicted molar refractivity (Wildman–Crippen MR) is 89.2 cm³/mol. The minimum absolute atomic E-state index is 0.0356. The predicted octanol–water partition coefficient (Wildman–Crippen LogP) is -0.320. The second kappa shape index (κ2) is 6.54. The fraction of sp³-hybridized carbons (Fsp3) is 0.0714. The molecule has 0 aliphatic rings. The first-order valence-corrected chi connectivity index (χ1v) is 8.11. The van der Waals surface area contributed by atoms with Gasteiger partial charge in [-0.1, -0.05) is 0 Å². The Morgan fingerprint density at radius 1 is 1.28 bits per heavy atom. The maximum absolute atomic E-state index is 11.9. The molecule has 0 fully saturated rings. The maximum atomic E-state index is 11.9. The molecule has 11 heteroatoms. The number of methoxy groups -OCH3 is 1. The molecule has 0 bridgehead atoms. The molecule has 1 aromatic heterocycles. The van der Waals surface area contributed by atoms with Crippen molar-refractivity contribution < 1.29 is 17.9 Å². The summed E-state index contributed by atoms with van der Waals surface area (Å²) in [5.41, 5.74) is 16.4. The van der Waals surface area contributed by atoms with Gasteiger partial charge >= 0.3 is 5.97 Å². The van der Waals surface area contributed by atoms with Crippen molar-refractivity contribution in [3.05, 3.63) is 41.7 Å². The summed E-state index contributed by atoms with van der Waals surface area (Å²) in [5.74, 6) is -1.33. The third-order valence-electron chi connectivity index (χ3n) is 3.18. The van der Waals surface area contributed by atoms with Crippen LogP contribution in [0.1, 0.15) is 16.1 Å². The molecule has 0 radical (unpaired) electrons. The number of carbonyl (C=O) groups excluding carboxylic acids is 1. The van der Waals surface area contributed by atoms with Crippen LogP contribution in [-0.2, 0) is 14.8 Å². The van der Waals surface area contributed by atoms with Gasteiger partial charge in [0.15, 0.2) is 5.69 Å². The molecule has 0 atom stereocenters. The third-order valence-corrected chi connectivity index (χ3v) is 4.50. The molecule has 2 aromatic rings. The Bertz CT molecular complexity index is 995. The van der Waals surface area contributed by atoms with Crippen LogP contribution in [0.4, 0.5) is 5.69 Å². The molecule has 6 N–H and O–H groups in total. The number of nitrogens with two attached hydrogens (primary N) is 3. The standard InChI is InChI=1S/C14H14N6O4S/c1-24-13(21)12-11(16)8(6-15)7-20(12)9-2-4-10(5-3-9)25(22,23)19-14(17)18/h2-5,7H,16H2,1H3,(H4,17,18,19). The largest absolute Gasteiger partial charge is 0.464 e. The zero-order valence-corrected chi connectivity index (χ0v) is 13.8. The second-order valence-electron chi connectivity index (χ2n) is 4.76. The number of aromatic nitrogens is 1. The molecule has 10 nitrogen and oxygen atoms in total. The number of carbonyl (C=O) groups is 1. The van der Waals surface area contributed by atoms with Gasteiger partial charge in [-0.05, 0) is 24.3 Å². The van der Waals surface area contributed by atoms with E-state index in [1.54, 1.807) is 0 Å². The van der Waals surface area contributed by atoms with E-state index in [4.69, 9.17) is 22.5 Å². The second-order valence-corrected chi connectivity index (χ2v) is 6.37. The van der Waals surface area contributed by atoms with Crippen LogP contribution >= 0.6 is 0 Å². The SMILES string of the molecule is COC(=O)c1c(N)c(C#N)cn1-c1ccc(S(=O)(=O)N=C(N)N)cc1. The van der Waals surface area contributed by atoms with Gasteiger partial charge in [-0.15, -0.1) is 4.40 Å². The molecular formula is C14H14N6O4S. The lowest BCUT2D eigenvalue weighted by Crippen LogP contribution is -2.24. The van der Waals surface area contributed by atoms with Gasteiger partial charge in [0.05, 0.1) is 23.3 Å². The van der Waals surface area contributed by atoms with E-state index in [-0.39, 0.29) is 21.8 Å². The third kappa shape index (κ3) is 3.38. The van der Waals surface area contributed by atoms with Crippen LogP contribution in [0, 0.1) is 11.3 Å². The first-order chi connectivity index (χ1) is 11.7. The maximum Gasteiger partial charge on any atom is 0.357 e. The average Bonchev–Trinajstić information content (AvgIpc) is 2.89. The van der Waals surface area contributed by atoms with Crippen LogP contribution in [-0.4, -0.2) is 32.0 Å². The van der Waals surface area contributed by atoms with E-state index in [1.807, 2.05) is 6.07 Å². The molecule has 0 saturated heterocycles. The Labute approximate surface area is 143 Å². The summed E-state index contributed by atoms with van der Waals surface area (Å²) in [6.45, 7) is 0. The van der Waals surface area contributed by atoms with E-state index in [9.17, 15) is 13.2 Å². The number of ether oxygens (including phenoxy) is 1. The molecule has 0 aliphatic carbocycles. The summed E-state index contributed by atoms with van der Waals surface area (Å²) in [5, 5.41) is 9.08. The number of esters is 1. The summed E-state index contributed by atoms with van der Waals surface area (Å²) >= 11 is 0. The number of guanidine groups is 1. The van der Waals surface area contributed by atoms with Gasteiger partial charge in [-0.25, -0.2) is 4.79 Å². The molecule has 0 unspecified atom stereocenters. The van der Waals surface area contributed by atoms with Gasteiger partial charge in [0, 0.05) is 11.9 Å². The number of hydrogen-bond donors (Lipinski definition) is 3. The van der Waals surface area contributed by atoms with Crippen LogP contribution in [0.15, 0.2) is 39.8 Å². The number of nitriles is 1. The molecule has 0 saturated carbocycles. The fourth-order valence-corrected chi connectivity index (χ4v) is 2.95. The summed E-state index contributed by atoms with van der Waals surface area (Å²) in [6.07, 6.45) is 1.35. The van der Waals surface area contributed by atoms with E-state index in [0.29, 0.717) is 5.69 Å². The van der Waals surface area contributed by atoms with Gasteiger partial charge in [0.2, 0.25) is 5.96 Å². The summed E-state index contributed by atoms with van der Waals surface area (Å²) < 4.78 is 33.0. The van der Waals surface area contributed by atoms with Gasteiger partial charge in [-0.3, -0.25) is 0 Å². The summed E-state index contributed by atoms with van der Waals surface area (Å²) in [4.78, 5) is 11.8. The van der Waals surface area contributed by atoms with E-state index in [2.05, 4.69) is 9.13 Å². The van der Waals surface area contributed by atoms with Crippen LogP contribution in [0.2, 0.25) is 0 Å². The lowest BCUT2D eigenvalue weighted by molar-refractivity contribution is 0.0593. The number of sulfonamides is 1. The minimum Gasteiger partial charge on any atom is -0.464 e. The minimum atomic E-state index is -4.04. The lowest BCUT2D eigenvalue weighted by Gasteiger charge is -2.09. The van der Waals surface area contributed by atoms with Gasteiger partial charge < -0.3 is 26.5 Å². The van der Waals surface area contributed by atoms with Crippen LogP contribution in [0.5, 0.6) is 0 Å². The van der Waals surface area contributed by atoms with Crippen molar-refractivity contribution in [3.63, 3.8) is 0 Å². The van der Waals surface area contributed by atoms with Crippen molar-refractivity contribution in [2.24, 2.45) is 15.9 Å². The normalized spacial score (nSPS) is 10.7. The van der Waals surface area contributed by atoms with Crippen molar-refractivity contribution in [2.75, 3.05) is 12.8 Å². The van der Waals surface area contributed by atoms with Gasteiger partial charge in [0.25, 0.3) is 10.0 Å².